The molecule has 1 atom stereocenters. The summed E-state index contributed by atoms with van der Waals surface area (Å²) in [6, 6.07) is 5.30. The van der Waals surface area contributed by atoms with Crippen LogP contribution in [0.25, 0.3) is 0 Å². The third-order valence-electron chi connectivity index (χ3n) is 2.87. The molecular weight excluding hydrogens is 280 g/mol. The van der Waals surface area contributed by atoms with Crippen LogP contribution in [0.15, 0.2) is 18.2 Å². The number of anilines is 1. The lowest BCUT2D eigenvalue weighted by Gasteiger charge is -2.17. The van der Waals surface area contributed by atoms with E-state index in [1.807, 2.05) is 13.0 Å². The number of carbonyl (C=O) groups excluding carboxylic acids is 1. The van der Waals surface area contributed by atoms with Crippen LogP contribution >= 0.6 is 11.6 Å². The molecule has 1 aromatic carbocycles. The summed E-state index contributed by atoms with van der Waals surface area (Å²) in [4.78, 5) is 11.9. The first-order chi connectivity index (χ1) is 9.56. The average Bonchev–Trinajstić information content (AvgIpc) is 2.41. The molecule has 1 amide bonds. The van der Waals surface area contributed by atoms with Crippen molar-refractivity contribution in [1.29, 1.82) is 0 Å². The Hall–Kier alpha value is -1.14. The van der Waals surface area contributed by atoms with Gasteiger partial charge in [-0.25, -0.2) is 0 Å². The van der Waals surface area contributed by atoms with E-state index in [1.54, 1.807) is 19.2 Å². The number of ether oxygens (including phenoxy) is 1. The van der Waals surface area contributed by atoms with E-state index in [4.69, 9.17) is 21.4 Å². The lowest BCUT2D eigenvalue weighted by Crippen LogP contribution is -2.39. The first-order valence-electron chi connectivity index (χ1n) is 6.46. The van der Waals surface area contributed by atoms with Gasteiger partial charge in [0, 0.05) is 30.5 Å². The number of halogens is 1. The zero-order valence-electron chi connectivity index (χ0n) is 11.8. The molecule has 0 saturated heterocycles. The van der Waals surface area contributed by atoms with E-state index >= 15 is 0 Å². The van der Waals surface area contributed by atoms with Gasteiger partial charge in [0.15, 0.2) is 0 Å². The number of methoxy groups -OCH3 is 1. The Labute approximate surface area is 124 Å². The smallest absolute Gasteiger partial charge is 0.238 e. The second-order valence-electron chi connectivity index (χ2n) is 4.55. The molecule has 112 valence electrons. The van der Waals surface area contributed by atoms with E-state index in [-0.39, 0.29) is 25.1 Å². The molecule has 0 heterocycles. The fourth-order valence-electron chi connectivity index (χ4n) is 1.76. The molecule has 20 heavy (non-hydrogen) atoms. The van der Waals surface area contributed by atoms with Gasteiger partial charge in [-0.15, -0.1) is 0 Å². The maximum Gasteiger partial charge on any atom is 0.238 e. The molecule has 1 rings (SSSR count). The van der Waals surface area contributed by atoms with Gasteiger partial charge in [-0.2, -0.15) is 0 Å². The predicted octanol–water partition coefficient (Wildman–Crippen LogP) is 1.57. The van der Waals surface area contributed by atoms with Gasteiger partial charge >= 0.3 is 0 Å². The minimum Gasteiger partial charge on any atom is -0.396 e. The molecular formula is C14H21ClN2O3. The Morgan fingerprint density at radius 2 is 2.25 bits per heavy atom. The number of aliphatic hydroxyl groups is 1. The molecule has 0 aliphatic heterocycles. The number of hydrogen-bond acceptors (Lipinski definition) is 4. The van der Waals surface area contributed by atoms with Crippen LogP contribution in [0.3, 0.4) is 0 Å². The minimum absolute atomic E-state index is 0.0452. The highest BCUT2D eigenvalue weighted by Crippen LogP contribution is 2.19. The molecule has 0 spiro atoms. The Morgan fingerprint density at radius 1 is 1.50 bits per heavy atom. The van der Waals surface area contributed by atoms with Gasteiger partial charge in [0.1, 0.15) is 0 Å². The largest absolute Gasteiger partial charge is 0.396 e. The number of amides is 1. The number of carbonyl (C=O) groups is 1. The van der Waals surface area contributed by atoms with E-state index in [0.29, 0.717) is 23.7 Å². The van der Waals surface area contributed by atoms with Crippen molar-refractivity contribution in [2.75, 3.05) is 32.2 Å². The summed E-state index contributed by atoms with van der Waals surface area (Å²) >= 11 is 5.90. The zero-order valence-corrected chi connectivity index (χ0v) is 12.5. The highest BCUT2D eigenvalue weighted by atomic mass is 35.5. The summed E-state index contributed by atoms with van der Waals surface area (Å²) < 4.78 is 5.02. The molecule has 1 unspecified atom stereocenters. The monoisotopic (exact) mass is 300 g/mol. The van der Waals surface area contributed by atoms with Gasteiger partial charge in [0.05, 0.1) is 13.2 Å². The Kier molecular flexibility index (Phi) is 7.54. The molecule has 0 bridgehead atoms. The quantitative estimate of drug-likeness (QED) is 0.681. The molecule has 0 radical (unpaired) electrons. The number of rotatable bonds is 8. The van der Waals surface area contributed by atoms with E-state index in [1.165, 1.54) is 0 Å². The van der Waals surface area contributed by atoms with Crippen molar-refractivity contribution in [3.63, 3.8) is 0 Å². The molecule has 1 aromatic rings. The minimum atomic E-state index is -0.158. The van der Waals surface area contributed by atoms with Crippen molar-refractivity contribution < 1.29 is 14.6 Å². The third kappa shape index (κ3) is 5.88. The van der Waals surface area contributed by atoms with Crippen LogP contribution in [0.1, 0.15) is 12.0 Å². The van der Waals surface area contributed by atoms with Crippen LogP contribution in [0.5, 0.6) is 0 Å². The molecule has 0 fully saturated rings. The van der Waals surface area contributed by atoms with Gasteiger partial charge in [-0.3, -0.25) is 4.79 Å². The van der Waals surface area contributed by atoms with Crippen LogP contribution in [-0.4, -0.2) is 43.9 Å². The van der Waals surface area contributed by atoms with Gasteiger partial charge in [0.25, 0.3) is 0 Å². The first kappa shape index (κ1) is 16.9. The topological polar surface area (TPSA) is 70.6 Å². The fourth-order valence-corrected chi connectivity index (χ4v) is 1.93. The van der Waals surface area contributed by atoms with Crippen LogP contribution in [-0.2, 0) is 9.53 Å². The van der Waals surface area contributed by atoms with Crippen molar-refractivity contribution in [1.82, 2.24) is 5.32 Å². The molecule has 5 nitrogen and oxygen atoms in total. The van der Waals surface area contributed by atoms with Crippen LogP contribution in [0.4, 0.5) is 5.69 Å². The Balaban J connectivity index is 2.48. The fraction of sp³-hybridized carbons (Fsp3) is 0.500. The first-order valence-corrected chi connectivity index (χ1v) is 6.83. The van der Waals surface area contributed by atoms with Crippen LogP contribution < -0.4 is 10.6 Å². The number of nitrogens with one attached hydrogen (secondary N) is 2. The molecule has 0 saturated carbocycles. The third-order valence-corrected chi connectivity index (χ3v) is 3.11. The number of aliphatic hydroxyl groups excluding tert-OH is 1. The van der Waals surface area contributed by atoms with Crippen molar-refractivity contribution in [2.45, 2.75) is 19.4 Å². The normalized spacial score (nSPS) is 12.2. The highest BCUT2D eigenvalue weighted by molar-refractivity contribution is 6.31. The molecule has 6 heteroatoms. The van der Waals surface area contributed by atoms with E-state index in [2.05, 4.69) is 10.6 Å². The van der Waals surface area contributed by atoms with Gasteiger partial charge in [-0.05, 0) is 31.0 Å². The zero-order chi connectivity index (χ0) is 15.0. The van der Waals surface area contributed by atoms with Crippen molar-refractivity contribution >= 4 is 23.2 Å². The number of benzene rings is 1. The maximum absolute atomic E-state index is 11.9. The second kappa shape index (κ2) is 8.92. The van der Waals surface area contributed by atoms with E-state index < -0.39 is 0 Å². The van der Waals surface area contributed by atoms with Gasteiger partial charge in [0.2, 0.25) is 5.91 Å². The summed E-state index contributed by atoms with van der Waals surface area (Å²) in [7, 11) is 1.58. The lowest BCUT2D eigenvalue weighted by molar-refractivity contribution is -0.115. The van der Waals surface area contributed by atoms with E-state index in [9.17, 15) is 4.79 Å². The summed E-state index contributed by atoms with van der Waals surface area (Å²) in [5, 5.41) is 15.3. The van der Waals surface area contributed by atoms with Crippen molar-refractivity contribution in [2.24, 2.45) is 0 Å². The van der Waals surface area contributed by atoms with Gasteiger partial charge < -0.3 is 20.5 Å². The summed E-state index contributed by atoms with van der Waals surface area (Å²) in [5.74, 6) is -0.158. The predicted molar refractivity (Wildman–Crippen MR) is 80.2 cm³/mol. The maximum atomic E-state index is 11.9. The number of aryl methyl sites for hydroxylation is 1. The van der Waals surface area contributed by atoms with Crippen molar-refractivity contribution in [3.05, 3.63) is 28.8 Å². The molecule has 0 aliphatic carbocycles. The van der Waals surface area contributed by atoms with Crippen LogP contribution in [0, 0.1) is 6.92 Å². The Morgan fingerprint density at radius 3 is 2.90 bits per heavy atom. The second-order valence-corrected chi connectivity index (χ2v) is 4.99. The van der Waals surface area contributed by atoms with Crippen LogP contribution in [0.2, 0.25) is 5.02 Å². The standard InChI is InChI=1S/C14H21ClN2O3/c1-10-3-4-11(15)7-13(10)17-14(19)8-16-12(5-6-18)9-20-2/h3-4,7,12,16,18H,5-6,8-9H2,1-2H3,(H,17,19). The SMILES string of the molecule is COCC(CCO)NCC(=O)Nc1cc(Cl)ccc1C. The molecule has 0 aromatic heterocycles. The Bertz CT molecular complexity index is 434. The number of hydrogen-bond donors (Lipinski definition) is 3. The summed E-state index contributed by atoms with van der Waals surface area (Å²) in [5.41, 5.74) is 1.65. The summed E-state index contributed by atoms with van der Waals surface area (Å²) in [6.45, 7) is 2.55. The molecule has 0 aliphatic rings. The molecule has 3 N–H and O–H groups in total. The average molecular weight is 301 g/mol. The lowest BCUT2D eigenvalue weighted by atomic mass is 10.2. The highest BCUT2D eigenvalue weighted by Gasteiger charge is 2.10. The summed E-state index contributed by atoms with van der Waals surface area (Å²) in [6.07, 6.45) is 0.539. The van der Waals surface area contributed by atoms with Crippen molar-refractivity contribution in [3.8, 4) is 0 Å². The van der Waals surface area contributed by atoms with E-state index in [0.717, 1.165) is 5.56 Å². The van der Waals surface area contributed by atoms with Gasteiger partial charge in [-0.1, -0.05) is 17.7 Å².